The lowest BCUT2D eigenvalue weighted by atomic mass is 10.1. The van der Waals surface area contributed by atoms with Crippen LogP contribution in [0.4, 0.5) is 5.69 Å². The molecular weight excluding hydrogens is 264 g/mol. The van der Waals surface area contributed by atoms with Crippen molar-refractivity contribution in [1.82, 2.24) is 5.32 Å². The standard InChI is InChI=1S/C14H17ClN2O2/c1-2-10-16-14(19)11-6-3-4-7-12(11)17-13(18)8-5-9-15/h2-4,6-7H,1,5,8-10H2,(H,16,19)(H,17,18). The number of para-hydroxylation sites is 1. The van der Waals surface area contributed by atoms with Crippen molar-refractivity contribution >= 4 is 29.1 Å². The third-order valence-electron chi connectivity index (χ3n) is 2.39. The molecule has 0 aliphatic heterocycles. The van der Waals surface area contributed by atoms with Gasteiger partial charge in [-0.25, -0.2) is 0 Å². The van der Waals surface area contributed by atoms with Gasteiger partial charge in [-0.15, -0.1) is 18.2 Å². The summed E-state index contributed by atoms with van der Waals surface area (Å²) in [6.07, 6.45) is 2.55. The number of amides is 2. The van der Waals surface area contributed by atoms with Crippen LogP contribution in [-0.4, -0.2) is 24.2 Å². The van der Waals surface area contributed by atoms with Crippen molar-refractivity contribution < 1.29 is 9.59 Å². The van der Waals surface area contributed by atoms with Crippen LogP contribution in [0.5, 0.6) is 0 Å². The summed E-state index contributed by atoms with van der Waals surface area (Å²) in [5, 5.41) is 5.39. The highest BCUT2D eigenvalue weighted by molar-refractivity contribution is 6.18. The van der Waals surface area contributed by atoms with Gasteiger partial charge in [0.2, 0.25) is 5.91 Å². The van der Waals surface area contributed by atoms with Gasteiger partial charge in [-0.3, -0.25) is 9.59 Å². The summed E-state index contributed by atoms with van der Waals surface area (Å²) in [6.45, 7) is 3.92. The molecular formula is C14H17ClN2O2. The molecule has 0 unspecified atom stereocenters. The molecule has 0 saturated heterocycles. The summed E-state index contributed by atoms with van der Waals surface area (Å²) in [6, 6.07) is 6.87. The van der Waals surface area contributed by atoms with Crippen LogP contribution in [0, 0.1) is 0 Å². The predicted molar refractivity (Wildman–Crippen MR) is 77.6 cm³/mol. The molecule has 0 aliphatic carbocycles. The number of hydrogen-bond acceptors (Lipinski definition) is 2. The van der Waals surface area contributed by atoms with Gasteiger partial charge in [-0.05, 0) is 18.6 Å². The Hall–Kier alpha value is -1.81. The minimum atomic E-state index is -0.242. The summed E-state index contributed by atoms with van der Waals surface area (Å²) in [7, 11) is 0. The van der Waals surface area contributed by atoms with Gasteiger partial charge in [0, 0.05) is 18.8 Å². The van der Waals surface area contributed by atoms with E-state index in [9.17, 15) is 9.59 Å². The zero-order valence-electron chi connectivity index (χ0n) is 10.6. The van der Waals surface area contributed by atoms with E-state index in [0.29, 0.717) is 36.5 Å². The fourth-order valence-corrected chi connectivity index (χ4v) is 1.62. The molecule has 0 saturated carbocycles. The van der Waals surface area contributed by atoms with E-state index in [0.717, 1.165) is 0 Å². The Kier molecular flexibility index (Phi) is 6.68. The van der Waals surface area contributed by atoms with Crippen LogP contribution in [0.25, 0.3) is 0 Å². The molecule has 1 rings (SSSR count). The largest absolute Gasteiger partial charge is 0.349 e. The molecule has 0 spiro atoms. The van der Waals surface area contributed by atoms with Gasteiger partial charge < -0.3 is 10.6 Å². The molecule has 2 N–H and O–H groups in total. The molecule has 4 nitrogen and oxygen atoms in total. The predicted octanol–water partition coefficient (Wildman–Crippen LogP) is 2.56. The van der Waals surface area contributed by atoms with Gasteiger partial charge in [0.1, 0.15) is 0 Å². The van der Waals surface area contributed by atoms with Crippen LogP contribution in [-0.2, 0) is 4.79 Å². The fourth-order valence-electron chi connectivity index (χ4n) is 1.49. The monoisotopic (exact) mass is 280 g/mol. The Bertz CT molecular complexity index is 461. The van der Waals surface area contributed by atoms with E-state index >= 15 is 0 Å². The molecule has 0 atom stereocenters. The van der Waals surface area contributed by atoms with Gasteiger partial charge >= 0.3 is 0 Å². The molecule has 0 fully saturated rings. The highest BCUT2D eigenvalue weighted by atomic mass is 35.5. The first-order chi connectivity index (χ1) is 9.19. The smallest absolute Gasteiger partial charge is 0.253 e. The Morgan fingerprint density at radius 3 is 2.74 bits per heavy atom. The van der Waals surface area contributed by atoms with E-state index in [4.69, 9.17) is 11.6 Å². The number of nitrogens with one attached hydrogen (secondary N) is 2. The number of halogens is 1. The van der Waals surface area contributed by atoms with Crippen molar-refractivity contribution in [2.45, 2.75) is 12.8 Å². The Labute approximate surface area is 117 Å². The lowest BCUT2D eigenvalue weighted by Crippen LogP contribution is -2.25. The Morgan fingerprint density at radius 1 is 1.32 bits per heavy atom. The topological polar surface area (TPSA) is 58.2 Å². The van der Waals surface area contributed by atoms with Crippen molar-refractivity contribution in [2.75, 3.05) is 17.7 Å². The van der Waals surface area contributed by atoms with E-state index in [1.807, 2.05) is 0 Å². The van der Waals surface area contributed by atoms with Crippen LogP contribution in [0.15, 0.2) is 36.9 Å². The number of carbonyl (C=O) groups excluding carboxylic acids is 2. The van der Waals surface area contributed by atoms with E-state index in [1.54, 1.807) is 30.3 Å². The SMILES string of the molecule is C=CCNC(=O)c1ccccc1NC(=O)CCCCl. The minimum Gasteiger partial charge on any atom is -0.349 e. The van der Waals surface area contributed by atoms with E-state index < -0.39 is 0 Å². The average molecular weight is 281 g/mol. The molecule has 102 valence electrons. The molecule has 0 aliphatic rings. The lowest BCUT2D eigenvalue weighted by molar-refractivity contribution is -0.116. The Balaban J connectivity index is 2.75. The van der Waals surface area contributed by atoms with Gasteiger partial charge in [0.25, 0.3) is 5.91 Å². The molecule has 0 radical (unpaired) electrons. The number of rotatable bonds is 7. The highest BCUT2D eigenvalue weighted by Crippen LogP contribution is 2.15. The van der Waals surface area contributed by atoms with Gasteiger partial charge in [-0.2, -0.15) is 0 Å². The molecule has 1 aromatic rings. The van der Waals surface area contributed by atoms with Gasteiger partial charge in [0.15, 0.2) is 0 Å². The van der Waals surface area contributed by atoms with Crippen molar-refractivity contribution in [2.24, 2.45) is 0 Å². The maximum Gasteiger partial charge on any atom is 0.253 e. The van der Waals surface area contributed by atoms with Crippen molar-refractivity contribution in [3.8, 4) is 0 Å². The zero-order valence-corrected chi connectivity index (χ0v) is 11.4. The first-order valence-electron chi connectivity index (χ1n) is 6.03. The van der Waals surface area contributed by atoms with E-state index in [1.165, 1.54) is 0 Å². The summed E-state index contributed by atoms with van der Waals surface area (Å²) in [5.41, 5.74) is 0.937. The highest BCUT2D eigenvalue weighted by Gasteiger charge is 2.11. The van der Waals surface area contributed by atoms with Crippen LogP contribution >= 0.6 is 11.6 Å². The van der Waals surface area contributed by atoms with E-state index in [2.05, 4.69) is 17.2 Å². The molecule has 5 heteroatoms. The molecule has 2 amide bonds. The summed E-state index contributed by atoms with van der Waals surface area (Å²) in [5.74, 6) is 0.0484. The Morgan fingerprint density at radius 2 is 2.05 bits per heavy atom. The lowest BCUT2D eigenvalue weighted by Gasteiger charge is -2.10. The summed E-state index contributed by atoms with van der Waals surface area (Å²) >= 11 is 5.53. The molecule has 0 bridgehead atoms. The van der Waals surface area contributed by atoms with Crippen LogP contribution in [0.3, 0.4) is 0 Å². The average Bonchev–Trinajstić information content (AvgIpc) is 2.43. The zero-order chi connectivity index (χ0) is 14.1. The van der Waals surface area contributed by atoms with Crippen molar-refractivity contribution in [3.05, 3.63) is 42.5 Å². The number of alkyl halides is 1. The van der Waals surface area contributed by atoms with Gasteiger partial charge in [0.05, 0.1) is 11.3 Å². The van der Waals surface area contributed by atoms with Crippen LogP contribution in [0.2, 0.25) is 0 Å². The summed E-state index contributed by atoms with van der Waals surface area (Å²) in [4.78, 5) is 23.5. The maximum atomic E-state index is 11.9. The van der Waals surface area contributed by atoms with Crippen molar-refractivity contribution in [1.29, 1.82) is 0 Å². The number of anilines is 1. The third-order valence-corrected chi connectivity index (χ3v) is 2.66. The molecule has 1 aromatic carbocycles. The minimum absolute atomic E-state index is 0.148. The second kappa shape index (κ2) is 8.32. The van der Waals surface area contributed by atoms with Crippen LogP contribution < -0.4 is 10.6 Å². The second-order valence-corrected chi connectivity index (χ2v) is 4.26. The number of carbonyl (C=O) groups is 2. The first kappa shape index (κ1) is 15.2. The maximum absolute atomic E-state index is 11.9. The van der Waals surface area contributed by atoms with Crippen molar-refractivity contribution in [3.63, 3.8) is 0 Å². The fraction of sp³-hybridized carbons (Fsp3) is 0.286. The normalized spacial score (nSPS) is 9.74. The van der Waals surface area contributed by atoms with E-state index in [-0.39, 0.29) is 11.8 Å². The molecule has 19 heavy (non-hydrogen) atoms. The molecule has 0 aromatic heterocycles. The first-order valence-corrected chi connectivity index (χ1v) is 6.56. The quantitative estimate of drug-likeness (QED) is 0.596. The second-order valence-electron chi connectivity index (χ2n) is 3.88. The number of hydrogen-bond donors (Lipinski definition) is 2. The van der Waals surface area contributed by atoms with Gasteiger partial charge in [-0.1, -0.05) is 18.2 Å². The number of benzene rings is 1. The van der Waals surface area contributed by atoms with Crippen LogP contribution in [0.1, 0.15) is 23.2 Å². The summed E-state index contributed by atoms with van der Waals surface area (Å²) < 4.78 is 0. The molecule has 0 heterocycles. The third kappa shape index (κ3) is 5.14.